The van der Waals surface area contributed by atoms with E-state index >= 15 is 0 Å². The van der Waals surface area contributed by atoms with Crippen LogP contribution in [0.4, 0.5) is 0 Å². The Hall–Kier alpha value is -2.36. The first-order valence-corrected chi connectivity index (χ1v) is 7.90. The first-order valence-electron chi connectivity index (χ1n) is 7.90. The maximum absolute atomic E-state index is 12.3. The topological polar surface area (TPSA) is 53.5 Å². The summed E-state index contributed by atoms with van der Waals surface area (Å²) in [5.74, 6) is -0.146. The number of carbonyl (C=O) groups is 1. The molecule has 3 rings (SSSR count). The van der Waals surface area contributed by atoms with E-state index in [-0.39, 0.29) is 5.91 Å². The highest BCUT2D eigenvalue weighted by Gasteiger charge is 2.11. The van der Waals surface area contributed by atoms with Crippen molar-refractivity contribution in [1.82, 2.24) is 10.9 Å². The van der Waals surface area contributed by atoms with Crippen molar-refractivity contribution in [1.29, 1.82) is 0 Å². The van der Waals surface area contributed by atoms with Crippen LogP contribution in [0.1, 0.15) is 42.5 Å². The molecule has 2 aromatic rings. The summed E-state index contributed by atoms with van der Waals surface area (Å²) in [6.45, 7) is 0. The molecule has 1 saturated carbocycles. The van der Waals surface area contributed by atoms with E-state index in [0.717, 1.165) is 23.6 Å². The Bertz CT molecular complexity index is 670. The molecule has 0 bridgehead atoms. The molecule has 4 nitrogen and oxygen atoms in total. The molecule has 22 heavy (non-hydrogen) atoms. The van der Waals surface area contributed by atoms with E-state index in [1.807, 2.05) is 42.5 Å². The second kappa shape index (κ2) is 7.07. The van der Waals surface area contributed by atoms with E-state index in [1.165, 1.54) is 19.3 Å². The van der Waals surface area contributed by atoms with Crippen molar-refractivity contribution >= 4 is 23.0 Å². The molecule has 0 aliphatic heterocycles. The molecule has 0 heterocycles. The van der Waals surface area contributed by atoms with Crippen molar-refractivity contribution in [3.05, 3.63) is 48.0 Å². The molecule has 1 fully saturated rings. The van der Waals surface area contributed by atoms with Gasteiger partial charge in [-0.2, -0.15) is 0 Å². The highest BCUT2D eigenvalue weighted by Crippen LogP contribution is 2.20. The minimum absolute atomic E-state index is 0.146. The van der Waals surface area contributed by atoms with Crippen molar-refractivity contribution < 1.29 is 4.79 Å². The third-order valence-electron chi connectivity index (χ3n) is 4.14. The van der Waals surface area contributed by atoms with E-state index in [1.54, 1.807) is 6.34 Å². The number of hydrogen-bond donors (Lipinski definition) is 2. The van der Waals surface area contributed by atoms with E-state index in [4.69, 9.17) is 0 Å². The largest absolute Gasteiger partial charge is 0.288 e. The highest BCUT2D eigenvalue weighted by molar-refractivity contribution is 6.07. The predicted octanol–water partition coefficient (Wildman–Crippen LogP) is 3.44. The van der Waals surface area contributed by atoms with Crippen molar-refractivity contribution in [3.63, 3.8) is 0 Å². The molecule has 2 aromatic carbocycles. The van der Waals surface area contributed by atoms with Gasteiger partial charge in [0, 0.05) is 5.56 Å². The van der Waals surface area contributed by atoms with Gasteiger partial charge in [-0.15, -0.1) is 0 Å². The van der Waals surface area contributed by atoms with E-state index in [0.29, 0.717) is 11.6 Å². The number of amides is 1. The van der Waals surface area contributed by atoms with Crippen LogP contribution >= 0.6 is 0 Å². The maximum Gasteiger partial charge on any atom is 0.270 e. The lowest BCUT2D eigenvalue weighted by atomic mass is 9.96. The molecule has 0 unspecified atom stereocenters. The van der Waals surface area contributed by atoms with Gasteiger partial charge in [-0.05, 0) is 29.7 Å². The van der Waals surface area contributed by atoms with Crippen LogP contribution in [0.3, 0.4) is 0 Å². The number of aliphatic imine (C=N–C) groups is 1. The molecular weight excluding hydrogens is 274 g/mol. The van der Waals surface area contributed by atoms with Gasteiger partial charge >= 0.3 is 0 Å². The predicted molar refractivity (Wildman–Crippen MR) is 89.9 cm³/mol. The van der Waals surface area contributed by atoms with Gasteiger partial charge in [-0.25, -0.2) is 0 Å². The average molecular weight is 295 g/mol. The number of hydrazine groups is 1. The Morgan fingerprint density at radius 3 is 2.68 bits per heavy atom. The van der Waals surface area contributed by atoms with Crippen LogP contribution in [0.15, 0.2) is 47.5 Å². The zero-order valence-corrected chi connectivity index (χ0v) is 12.6. The monoisotopic (exact) mass is 295 g/mol. The van der Waals surface area contributed by atoms with Crippen LogP contribution in [-0.4, -0.2) is 18.3 Å². The van der Waals surface area contributed by atoms with Crippen LogP contribution in [-0.2, 0) is 0 Å². The van der Waals surface area contributed by atoms with E-state index in [9.17, 15) is 4.79 Å². The van der Waals surface area contributed by atoms with Gasteiger partial charge in [0.05, 0.1) is 6.04 Å². The van der Waals surface area contributed by atoms with Gasteiger partial charge in [0.2, 0.25) is 0 Å². The first kappa shape index (κ1) is 14.6. The molecule has 1 amide bonds. The van der Waals surface area contributed by atoms with Crippen LogP contribution in [0.5, 0.6) is 0 Å². The number of nitrogens with zero attached hydrogens (tertiary/aromatic N) is 1. The molecule has 0 saturated heterocycles. The lowest BCUT2D eigenvalue weighted by molar-refractivity contribution is 0.0946. The number of benzene rings is 2. The summed E-state index contributed by atoms with van der Waals surface area (Å²) < 4.78 is 0. The fourth-order valence-corrected chi connectivity index (χ4v) is 2.96. The number of nitrogens with one attached hydrogen (secondary N) is 2. The van der Waals surface area contributed by atoms with Crippen molar-refractivity contribution in [2.45, 2.75) is 38.1 Å². The number of fused-ring (bicyclic) bond motifs is 1. The Kier molecular flexibility index (Phi) is 4.68. The van der Waals surface area contributed by atoms with Gasteiger partial charge in [-0.3, -0.25) is 20.6 Å². The third-order valence-corrected chi connectivity index (χ3v) is 4.14. The van der Waals surface area contributed by atoms with Crippen LogP contribution in [0.25, 0.3) is 10.8 Å². The summed E-state index contributed by atoms with van der Waals surface area (Å²) in [7, 11) is 0. The molecule has 0 aromatic heterocycles. The van der Waals surface area contributed by atoms with Crippen molar-refractivity contribution in [2.24, 2.45) is 4.99 Å². The molecule has 1 aliphatic carbocycles. The molecule has 0 spiro atoms. The number of carbonyl (C=O) groups excluding carboxylic acids is 1. The van der Waals surface area contributed by atoms with E-state index in [2.05, 4.69) is 15.8 Å². The standard InChI is InChI=1S/C18H21N3O/c22-18(21-20-13-19-15-9-2-1-3-10-15)17-12-6-8-14-7-4-5-11-16(14)17/h4-8,11-13,15H,1-3,9-10H2,(H,19,20)(H,21,22). The zero-order valence-electron chi connectivity index (χ0n) is 12.6. The molecule has 0 atom stereocenters. The normalized spacial score (nSPS) is 16.0. The molecule has 4 heteroatoms. The Balaban J connectivity index is 1.60. The van der Waals surface area contributed by atoms with Crippen molar-refractivity contribution in [3.8, 4) is 0 Å². The second-order valence-corrected chi connectivity index (χ2v) is 5.70. The smallest absolute Gasteiger partial charge is 0.270 e. The summed E-state index contributed by atoms with van der Waals surface area (Å²) in [5, 5.41) is 2.01. The van der Waals surface area contributed by atoms with Gasteiger partial charge < -0.3 is 0 Å². The van der Waals surface area contributed by atoms with Gasteiger partial charge in [-0.1, -0.05) is 55.7 Å². The van der Waals surface area contributed by atoms with Gasteiger partial charge in [0.15, 0.2) is 0 Å². The third kappa shape index (κ3) is 3.45. The lowest BCUT2D eigenvalue weighted by Crippen LogP contribution is -2.36. The minimum Gasteiger partial charge on any atom is -0.288 e. The first-order chi connectivity index (χ1) is 10.8. The minimum atomic E-state index is -0.146. The maximum atomic E-state index is 12.3. The van der Waals surface area contributed by atoms with Crippen LogP contribution in [0, 0.1) is 0 Å². The summed E-state index contributed by atoms with van der Waals surface area (Å²) in [6, 6.07) is 14.0. The summed E-state index contributed by atoms with van der Waals surface area (Å²) in [4.78, 5) is 16.7. The quantitative estimate of drug-likeness (QED) is 0.516. The fraction of sp³-hybridized carbons (Fsp3) is 0.333. The molecule has 114 valence electrons. The second-order valence-electron chi connectivity index (χ2n) is 5.70. The highest BCUT2D eigenvalue weighted by atomic mass is 16.2. The number of hydrogen-bond acceptors (Lipinski definition) is 2. The average Bonchev–Trinajstić information content (AvgIpc) is 2.59. The Morgan fingerprint density at radius 1 is 1.05 bits per heavy atom. The fourth-order valence-electron chi connectivity index (χ4n) is 2.96. The summed E-state index contributed by atoms with van der Waals surface area (Å²) >= 11 is 0. The molecular formula is C18H21N3O. The number of rotatable bonds is 4. The van der Waals surface area contributed by atoms with Crippen LogP contribution < -0.4 is 10.9 Å². The summed E-state index contributed by atoms with van der Waals surface area (Å²) in [5.41, 5.74) is 6.16. The molecule has 1 aliphatic rings. The Labute approximate surface area is 130 Å². The van der Waals surface area contributed by atoms with Crippen molar-refractivity contribution in [2.75, 3.05) is 0 Å². The van der Waals surface area contributed by atoms with E-state index < -0.39 is 0 Å². The Morgan fingerprint density at radius 2 is 1.82 bits per heavy atom. The van der Waals surface area contributed by atoms with Gasteiger partial charge in [0.1, 0.15) is 6.34 Å². The lowest BCUT2D eigenvalue weighted by Gasteiger charge is -2.17. The van der Waals surface area contributed by atoms with Crippen LogP contribution in [0.2, 0.25) is 0 Å². The molecule has 2 N–H and O–H groups in total. The SMILES string of the molecule is O=C(NNC=NC1CCCCC1)c1cccc2ccccc12. The zero-order chi connectivity index (χ0) is 15.2. The summed E-state index contributed by atoms with van der Waals surface area (Å²) in [6.07, 6.45) is 7.73. The van der Waals surface area contributed by atoms with Gasteiger partial charge in [0.25, 0.3) is 5.91 Å². The molecule has 0 radical (unpaired) electrons.